The lowest BCUT2D eigenvalue weighted by molar-refractivity contribution is -0.274. The molecular weight excluding hydrogens is 345 g/mol. The number of carbonyl (C=O) groups excluding carboxylic acids is 1. The number of hydrogen-bond acceptors (Lipinski definition) is 3. The average molecular weight is 367 g/mol. The van der Waals surface area contributed by atoms with Gasteiger partial charge in [-0.15, -0.1) is 25.6 Å². The summed E-state index contributed by atoms with van der Waals surface area (Å²) in [4.78, 5) is 11.9. The number of aryl methyl sites for hydroxylation is 1. The molecule has 4 nitrogen and oxygen atoms in total. The third kappa shape index (κ3) is 7.40. The van der Waals surface area contributed by atoms with Gasteiger partial charge in [0.05, 0.1) is 0 Å². The van der Waals surface area contributed by atoms with Crippen LogP contribution in [0.15, 0.2) is 24.3 Å². The maximum Gasteiger partial charge on any atom is 0.573 e. The molecule has 1 aliphatic carbocycles. The Morgan fingerprint density at radius 2 is 1.75 bits per heavy atom. The molecule has 0 radical (unpaired) electrons. The number of alkyl halides is 3. The molecule has 0 aromatic heterocycles. The SMILES string of the molecule is Cl.NC1CCC(NC(=O)CCc2ccc(OC(F)(F)F)cc2)CC1. The summed E-state index contributed by atoms with van der Waals surface area (Å²) in [6, 6.07) is 6.00. The number of halogens is 4. The molecule has 136 valence electrons. The first kappa shape index (κ1) is 20.6. The Kier molecular flexibility index (Phi) is 7.83. The molecule has 0 saturated heterocycles. The van der Waals surface area contributed by atoms with Crippen LogP contribution in [0.5, 0.6) is 5.75 Å². The van der Waals surface area contributed by atoms with Gasteiger partial charge in [-0.1, -0.05) is 12.1 Å². The van der Waals surface area contributed by atoms with Crippen molar-refractivity contribution in [1.29, 1.82) is 0 Å². The van der Waals surface area contributed by atoms with Gasteiger partial charge in [0, 0.05) is 18.5 Å². The predicted octanol–water partition coefficient (Wildman–Crippen LogP) is 3.33. The van der Waals surface area contributed by atoms with Crippen LogP contribution < -0.4 is 15.8 Å². The van der Waals surface area contributed by atoms with Gasteiger partial charge in [-0.05, 0) is 49.8 Å². The van der Waals surface area contributed by atoms with Crippen LogP contribution in [0.3, 0.4) is 0 Å². The first-order valence-corrected chi connectivity index (χ1v) is 7.71. The summed E-state index contributed by atoms with van der Waals surface area (Å²) in [5.74, 6) is -0.301. The van der Waals surface area contributed by atoms with Crippen molar-refractivity contribution in [3.63, 3.8) is 0 Å². The van der Waals surface area contributed by atoms with Gasteiger partial charge in [-0.2, -0.15) is 0 Å². The molecule has 24 heavy (non-hydrogen) atoms. The number of ether oxygens (including phenoxy) is 1. The summed E-state index contributed by atoms with van der Waals surface area (Å²) < 4.78 is 40.0. The van der Waals surface area contributed by atoms with Crippen LogP contribution >= 0.6 is 12.4 Å². The van der Waals surface area contributed by atoms with E-state index in [1.165, 1.54) is 24.3 Å². The van der Waals surface area contributed by atoms with E-state index in [2.05, 4.69) is 10.1 Å². The van der Waals surface area contributed by atoms with Crippen molar-refractivity contribution in [2.24, 2.45) is 5.73 Å². The van der Waals surface area contributed by atoms with Crippen molar-refractivity contribution in [2.45, 2.75) is 57.0 Å². The maximum absolute atomic E-state index is 12.1. The molecule has 3 N–H and O–H groups in total. The number of carbonyl (C=O) groups is 1. The molecule has 1 saturated carbocycles. The Labute approximate surface area is 145 Å². The van der Waals surface area contributed by atoms with Crippen molar-refractivity contribution in [3.8, 4) is 5.75 Å². The number of hydrogen-bond donors (Lipinski definition) is 2. The topological polar surface area (TPSA) is 64.3 Å². The van der Waals surface area contributed by atoms with Crippen molar-refractivity contribution in [2.75, 3.05) is 0 Å². The van der Waals surface area contributed by atoms with E-state index in [1.807, 2.05) is 0 Å². The van der Waals surface area contributed by atoms with Crippen molar-refractivity contribution >= 4 is 18.3 Å². The molecule has 0 atom stereocenters. The second-order valence-corrected chi connectivity index (χ2v) is 5.87. The zero-order valence-electron chi connectivity index (χ0n) is 13.1. The van der Waals surface area contributed by atoms with Crippen LogP contribution in [0.1, 0.15) is 37.7 Å². The third-order valence-electron chi connectivity index (χ3n) is 3.93. The lowest BCUT2D eigenvalue weighted by atomic mass is 9.92. The van der Waals surface area contributed by atoms with Crippen LogP contribution in [0.2, 0.25) is 0 Å². The van der Waals surface area contributed by atoms with Gasteiger partial charge >= 0.3 is 6.36 Å². The normalized spacial score (nSPS) is 20.8. The van der Waals surface area contributed by atoms with Crippen molar-refractivity contribution in [1.82, 2.24) is 5.32 Å². The van der Waals surface area contributed by atoms with E-state index in [0.29, 0.717) is 12.8 Å². The van der Waals surface area contributed by atoms with Crippen molar-refractivity contribution < 1.29 is 22.7 Å². The van der Waals surface area contributed by atoms with E-state index in [1.54, 1.807) is 0 Å². The molecule has 0 spiro atoms. The Hall–Kier alpha value is -1.47. The van der Waals surface area contributed by atoms with Crippen LogP contribution in [0.4, 0.5) is 13.2 Å². The second-order valence-electron chi connectivity index (χ2n) is 5.87. The monoisotopic (exact) mass is 366 g/mol. The molecule has 1 fully saturated rings. The van der Waals surface area contributed by atoms with Crippen LogP contribution in [0.25, 0.3) is 0 Å². The fourth-order valence-electron chi connectivity index (χ4n) is 2.68. The number of nitrogens with two attached hydrogens (primary N) is 1. The minimum absolute atomic E-state index is 0. The maximum atomic E-state index is 12.1. The Morgan fingerprint density at radius 1 is 1.17 bits per heavy atom. The summed E-state index contributed by atoms with van der Waals surface area (Å²) in [5.41, 5.74) is 6.61. The molecule has 8 heteroatoms. The number of benzene rings is 1. The number of nitrogens with one attached hydrogen (secondary N) is 1. The van der Waals surface area contributed by atoms with E-state index < -0.39 is 6.36 Å². The van der Waals surface area contributed by atoms with Crippen LogP contribution in [0, 0.1) is 0 Å². The first-order chi connectivity index (χ1) is 10.8. The second kappa shape index (κ2) is 9.13. The smallest absolute Gasteiger partial charge is 0.406 e. The Bertz CT molecular complexity index is 515. The molecule has 0 bridgehead atoms. The van der Waals surface area contributed by atoms with E-state index in [-0.39, 0.29) is 36.1 Å². The van der Waals surface area contributed by atoms with E-state index in [4.69, 9.17) is 5.73 Å². The Balaban J connectivity index is 0.00000288. The quantitative estimate of drug-likeness (QED) is 0.840. The molecule has 2 rings (SSSR count). The standard InChI is InChI=1S/C16H21F3N2O2.ClH/c17-16(18,19)23-14-8-1-11(2-9-14)3-10-15(22)21-13-6-4-12(20)5-7-13;/h1-2,8-9,12-13H,3-7,10,20H2,(H,21,22);1H. The fraction of sp³-hybridized carbons (Fsp3) is 0.562. The van der Waals surface area contributed by atoms with E-state index in [9.17, 15) is 18.0 Å². The van der Waals surface area contributed by atoms with Crippen molar-refractivity contribution in [3.05, 3.63) is 29.8 Å². The van der Waals surface area contributed by atoms with Gasteiger partial charge in [-0.25, -0.2) is 0 Å². The van der Waals surface area contributed by atoms with E-state index >= 15 is 0 Å². The highest BCUT2D eigenvalue weighted by Gasteiger charge is 2.30. The largest absolute Gasteiger partial charge is 0.573 e. The molecule has 0 aliphatic heterocycles. The lowest BCUT2D eigenvalue weighted by Crippen LogP contribution is -2.40. The summed E-state index contributed by atoms with van der Waals surface area (Å²) in [5, 5.41) is 2.98. The van der Waals surface area contributed by atoms with Crippen LogP contribution in [-0.4, -0.2) is 24.4 Å². The average Bonchev–Trinajstić information content (AvgIpc) is 2.47. The molecule has 1 aliphatic rings. The third-order valence-corrected chi connectivity index (χ3v) is 3.93. The highest BCUT2D eigenvalue weighted by molar-refractivity contribution is 5.85. The van der Waals surface area contributed by atoms with Gasteiger partial charge in [0.25, 0.3) is 0 Å². The summed E-state index contributed by atoms with van der Waals surface area (Å²) >= 11 is 0. The molecule has 1 aromatic carbocycles. The number of amides is 1. The lowest BCUT2D eigenvalue weighted by Gasteiger charge is -2.26. The minimum atomic E-state index is -4.69. The summed E-state index contributed by atoms with van der Waals surface area (Å²) in [6.45, 7) is 0. The number of rotatable bonds is 5. The van der Waals surface area contributed by atoms with Gasteiger partial charge in [-0.3, -0.25) is 4.79 Å². The Morgan fingerprint density at radius 3 is 2.29 bits per heavy atom. The first-order valence-electron chi connectivity index (χ1n) is 7.71. The molecule has 0 heterocycles. The van der Waals surface area contributed by atoms with Gasteiger partial charge in [0.15, 0.2) is 0 Å². The molecule has 1 aromatic rings. The van der Waals surface area contributed by atoms with Crippen LogP contribution in [-0.2, 0) is 11.2 Å². The van der Waals surface area contributed by atoms with Gasteiger partial charge < -0.3 is 15.8 Å². The molecular formula is C16H22ClF3N2O2. The zero-order chi connectivity index (χ0) is 16.9. The molecule has 0 unspecified atom stereocenters. The van der Waals surface area contributed by atoms with E-state index in [0.717, 1.165) is 31.2 Å². The highest BCUT2D eigenvalue weighted by Crippen LogP contribution is 2.23. The predicted molar refractivity (Wildman–Crippen MR) is 87.1 cm³/mol. The minimum Gasteiger partial charge on any atom is -0.406 e. The summed E-state index contributed by atoms with van der Waals surface area (Å²) in [6.07, 6.45) is -0.264. The molecule has 1 amide bonds. The zero-order valence-corrected chi connectivity index (χ0v) is 14.0. The highest BCUT2D eigenvalue weighted by atomic mass is 35.5. The fourth-order valence-corrected chi connectivity index (χ4v) is 2.68. The summed E-state index contributed by atoms with van der Waals surface area (Å²) in [7, 11) is 0. The van der Waals surface area contributed by atoms with Gasteiger partial charge in [0.1, 0.15) is 5.75 Å². The van der Waals surface area contributed by atoms with Gasteiger partial charge in [0.2, 0.25) is 5.91 Å².